The van der Waals surface area contributed by atoms with Crippen LogP contribution in [0.15, 0.2) is 18.2 Å². The monoisotopic (exact) mass is 391 g/mol. The van der Waals surface area contributed by atoms with Crippen molar-refractivity contribution in [2.45, 2.75) is 13.0 Å². The first-order valence-electron chi connectivity index (χ1n) is 9.29. The number of hydrogen-bond donors (Lipinski definition) is 2. The Kier molecular flexibility index (Phi) is 4.70. The van der Waals surface area contributed by atoms with E-state index in [0.29, 0.717) is 24.5 Å². The van der Waals surface area contributed by atoms with Crippen molar-refractivity contribution in [3.05, 3.63) is 24.0 Å². The SMILES string of the molecule is CC(=O)NC[C@H]1CN(c2ccc(N3CC4C(C3)C4C(=O)CO)c(F)c2)C(=O)O1. The summed E-state index contributed by atoms with van der Waals surface area (Å²) in [7, 11) is 0. The molecule has 3 atom stereocenters. The van der Waals surface area contributed by atoms with Crippen LogP contribution in [0.2, 0.25) is 0 Å². The number of aliphatic hydroxyl groups is 1. The molecule has 2 amide bonds. The molecule has 2 aliphatic heterocycles. The van der Waals surface area contributed by atoms with Gasteiger partial charge in [0.25, 0.3) is 0 Å². The number of fused-ring (bicyclic) bond motifs is 1. The lowest BCUT2D eigenvalue weighted by atomic mass is 10.1. The van der Waals surface area contributed by atoms with E-state index < -0.39 is 24.6 Å². The number of Topliss-reactive ketones (excluding diaryl/α,β-unsaturated/α-hetero) is 1. The van der Waals surface area contributed by atoms with Crippen LogP contribution < -0.4 is 15.1 Å². The molecule has 1 saturated carbocycles. The van der Waals surface area contributed by atoms with Crippen molar-refractivity contribution in [1.29, 1.82) is 0 Å². The molecule has 2 N–H and O–H groups in total. The molecule has 0 aromatic heterocycles. The number of carbonyl (C=O) groups excluding carboxylic acids is 3. The molecule has 0 spiro atoms. The minimum absolute atomic E-state index is 0.0940. The number of nitrogens with zero attached hydrogens (tertiary/aromatic N) is 2. The third-order valence-corrected chi connectivity index (χ3v) is 5.76. The van der Waals surface area contributed by atoms with Gasteiger partial charge >= 0.3 is 6.09 Å². The molecule has 2 heterocycles. The molecule has 1 aliphatic carbocycles. The fourth-order valence-electron chi connectivity index (χ4n) is 4.32. The number of halogens is 1. The van der Waals surface area contributed by atoms with Crippen LogP contribution in [0, 0.1) is 23.6 Å². The van der Waals surface area contributed by atoms with Crippen molar-refractivity contribution in [1.82, 2.24) is 5.32 Å². The van der Waals surface area contributed by atoms with Crippen LogP contribution in [0.5, 0.6) is 0 Å². The smallest absolute Gasteiger partial charge is 0.414 e. The van der Waals surface area contributed by atoms with E-state index in [1.54, 1.807) is 12.1 Å². The highest BCUT2D eigenvalue weighted by Gasteiger charge is 2.59. The van der Waals surface area contributed by atoms with Gasteiger partial charge in [-0.1, -0.05) is 0 Å². The van der Waals surface area contributed by atoms with Gasteiger partial charge < -0.3 is 20.1 Å². The molecule has 1 aromatic carbocycles. The summed E-state index contributed by atoms with van der Waals surface area (Å²) < 4.78 is 19.9. The Morgan fingerprint density at radius 2 is 2.00 bits per heavy atom. The van der Waals surface area contributed by atoms with Crippen LogP contribution in [0.4, 0.5) is 20.6 Å². The summed E-state index contributed by atoms with van der Waals surface area (Å²) in [6, 6.07) is 4.60. The van der Waals surface area contributed by atoms with Crippen molar-refractivity contribution < 1.29 is 28.6 Å². The number of hydrogen-bond acceptors (Lipinski definition) is 6. The Morgan fingerprint density at radius 3 is 2.61 bits per heavy atom. The van der Waals surface area contributed by atoms with Gasteiger partial charge in [0.15, 0.2) is 5.78 Å². The number of ether oxygens (including phenoxy) is 1. The molecule has 0 radical (unpaired) electrons. The minimum atomic E-state index is -0.574. The maximum Gasteiger partial charge on any atom is 0.414 e. The topological polar surface area (TPSA) is 99.2 Å². The van der Waals surface area contributed by atoms with Crippen molar-refractivity contribution in [2.24, 2.45) is 17.8 Å². The van der Waals surface area contributed by atoms with Gasteiger partial charge in [-0.05, 0) is 30.0 Å². The number of benzene rings is 1. The average Bonchev–Trinajstić information content (AvgIpc) is 2.99. The second-order valence-corrected chi connectivity index (χ2v) is 7.57. The van der Waals surface area contributed by atoms with Gasteiger partial charge in [-0.2, -0.15) is 0 Å². The number of aliphatic hydroxyl groups excluding tert-OH is 1. The summed E-state index contributed by atoms with van der Waals surface area (Å²) in [5.41, 5.74) is 0.836. The molecule has 28 heavy (non-hydrogen) atoms. The van der Waals surface area contributed by atoms with Crippen molar-refractivity contribution in [3.63, 3.8) is 0 Å². The molecule has 1 aromatic rings. The van der Waals surface area contributed by atoms with E-state index >= 15 is 0 Å². The van der Waals surface area contributed by atoms with Gasteiger partial charge in [0.1, 0.15) is 18.5 Å². The summed E-state index contributed by atoms with van der Waals surface area (Å²) in [6.07, 6.45) is -1.05. The van der Waals surface area contributed by atoms with E-state index in [-0.39, 0.29) is 42.5 Å². The molecule has 8 nitrogen and oxygen atoms in total. The first-order chi connectivity index (χ1) is 13.4. The molecule has 0 bridgehead atoms. The van der Waals surface area contributed by atoms with Gasteiger partial charge in [-0.25, -0.2) is 9.18 Å². The highest BCUT2D eigenvalue weighted by atomic mass is 19.1. The second-order valence-electron chi connectivity index (χ2n) is 7.57. The third-order valence-electron chi connectivity index (χ3n) is 5.76. The van der Waals surface area contributed by atoms with Crippen LogP contribution in [0.25, 0.3) is 0 Å². The number of piperidine rings is 1. The van der Waals surface area contributed by atoms with Gasteiger partial charge in [0.05, 0.1) is 24.5 Å². The predicted molar refractivity (Wildman–Crippen MR) is 97.5 cm³/mol. The lowest BCUT2D eigenvalue weighted by Crippen LogP contribution is -2.33. The van der Waals surface area contributed by atoms with Crippen LogP contribution in [-0.4, -0.2) is 61.8 Å². The average molecular weight is 391 g/mol. The van der Waals surface area contributed by atoms with E-state index in [1.165, 1.54) is 17.9 Å². The van der Waals surface area contributed by atoms with Crippen LogP contribution >= 0.6 is 0 Å². The molecule has 2 unspecified atom stereocenters. The molecule has 9 heteroatoms. The number of amides is 2. The van der Waals surface area contributed by atoms with Crippen molar-refractivity contribution in [3.8, 4) is 0 Å². The van der Waals surface area contributed by atoms with E-state index in [1.807, 2.05) is 4.90 Å². The lowest BCUT2D eigenvalue weighted by molar-refractivity contribution is -0.123. The molecular weight excluding hydrogens is 369 g/mol. The number of nitrogens with one attached hydrogen (secondary N) is 1. The van der Waals surface area contributed by atoms with Gasteiger partial charge in [0, 0.05) is 25.9 Å². The number of rotatable bonds is 6. The molecule has 3 aliphatic rings. The van der Waals surface area contributed by atoms with Gasteiger partial charge in [-0.15, -0.1) is 0 Å². The summed E-state index contributed by atoms with van der Waals surface area (Å²) in [5, 5.41) is 11.6. The molecule has 2 saturated heterocycles. The first kappa shape index (κ1) is 18.7. The number of carbonyl (C=O) groups is 3. The molecular formula is C19H22FN3O5. The zero-order valence-corrected chi connectivity index (χ0v) is 15.4. The Morgan fingerprint density at radius 1 is 1.29 bits per heavy atom. The maximum absolute atomic E-state index is 14.7. The summed E-state index contributed by atoms with van der Waals surface area (Å²) in [6.45, 7) is 2.56. The van der Waals surface area contributed by atoms with E-state index in [0.717, 1.165) is 0 Å². The first-order valence-corrected chi connectivity index (χ1v) is 9.29. The zero-order valence-electron chi connectivity index (χ0n) is 15.4. The Hall–Kier alpha value is -2.68. The van der Waals surface area contributed by atoms with Gasteiger partial charge in [0.2, 0.25) is 5.91 Å². The summed E-state index contributed by atoms with van der Waals surface area (Å²) >= 11 is 0. The molecule has 4 rings (SSSR count). The largest absolute Gasteiger partial charge is 0.442 e. The fraction of sp³-hybridized carbons (Fsp3) is 0.526. The zero-order chi connectivity index (χ0) is 20.0. The number of anilines is 2. The Balaban J connectivity index is 1.40. The van der Waals surface area contributed by atoms with Crippen molar-refractivity contribution in [2.75, 3.05) is 42.6 Å². The quantitative estimate of drug-likeness (QED) is 0.734. The standard InChI is InChI=1S/C19H22FN3O5/c1-10(25)21-5-12-6-23(19(27)28-12)11-2-3-16(15(20)4-11)22-7-13-14(8-22)18(13)17(26)9-24/h2-4,12-14,18,24H,5-9H2,1H3,(H,21,25)/t12-,13?,14?,18?/m0/s1. The fourth-order valence-corrected chi connectivity index (χ4v) is 4.32. The Labute approximate surface area is 161 Å². The third kappa shape index (κ3) is 3.30. The van der Waals surface area contributed by atoms with Crippen LogP contribution in [0.3, 0.4) is 0 Å². The van der Waals surface area contributed by atoms with Crippen LogP contribution in [0.1, 0.15) is 6.92 Å². The number of ketones is 1. The van der Waals surface area contributed by atoms with E-state index in [2.05, 4.69) is 5.32 Å². The Bertz CT molecular complexity index is 820. The lowest BCUT2D eigenvalue weighted by Gasteiger charge is -2.23. The summed E-state index contributed by atoms with van der Waals surface area (Å²) in [4.78, 5) is 37.9. The normalized spacial score (nSPS) is 28.2. The minimum Gasteiger partial charge on any atom is -0.442 e. The summed E-state index contributed by atoms with van der Waals surface area (Å²) in [5.74, 6) is -0.516. The van der Waals surface area contributed by atoms with Gasteiger partial charge in [-0.3, -0.25) is 14.5 Å². The number of cyclic esters (lactones) is 1. The molecule has 150 valence electrons. The van der Waals surface area contributed by atoms with Crippen LogP contribution in [-0.2, 0) is 14.3 Å². The predicted octanol–water partition coefficient (Wildman–Crippen LogP) is 0.531. The maximum atomic E-state index is 14.7. The van der Waals surface area contributed by atoms with E-state index in [9.17, 15) is 18.8 Å². The highest BCUT2D eigenvalue weighted by Crippen LogP contribution is 2.53. The molecule has 3 fully saturated rings. The van der Waals surface area contributed by atoms with E-state index in [4.69, 9.17) is 9.84 Å². The highest BCUT2D eigenvalue weighted by molar-refractivity contribution is 5.90. The second kappa shape index (κ2) is 7.05. The van der Waals surface area contributed by atoms with Crippen molar-refractivity contribution >= 4 is 29.2 Å².